The van der Waals surface area contributed by atoms with Gasteiger partial charge < -0.3 is 20.4 Å². The Kier molecular flexibility index (Phi) is 4.47. The molecule has 2 aromatic rings. The van der Waals surface area contributed by atoms with Gasteiger partial charge in [-0.3, -0.25) is 4.79 Å². The van der Waals surface area contributed by atoms with Crippen LogP contribution in [0.3, 0.4) is 0 Å². The maximum absolute atomic E-state index is 11.1. The van der Waals surface area contributed by atoms with Gasteiger partial charge in [0.25, 0.3) is 5.91 Å². The predicted octanol–water partition coefficient (Wildman–Crippen LogP) is 1.74. The van der Waals surface area contributed by atoms with Crippen molar-refractivity contribution in [1.29, 1.82) is 5.26 Å². The third kappa shape index (κ3) is 3.48. The molecule has 24 heavy (non-hydrogen) atoms. The highest BCUT2D eigenvalue weighted by atomic mass is 16.4. The quantitative estimate of drug-likeness (QED) is 0.558. The number of carboxylic acid groups (broad SMARTS) is 2. The molecule has 8 heteroatoms. The molecule has 0 aliphatic heterocycles. The van der Waals surface area contributed by atoms with Gasteiger partial charge in [-0.2, -0.15) is 5.26 Å². The lowest BCUT2D eigenvalue weighted by Gasteiger charge is -2.03. The monoisotopic (exact) mass is 326 g/mol. The molecule has 1 aromatic carbocycles. The number of carboxylic acids is 2. The van der Waals surface area contributed by atoms with Crippen molar-refractivity contribution in [2.45, 2.75) is 0 Å². The van der Waals surface area contributed by atoms with E-state index in [-0.39, 0.29) is 33.8 Å². The molecule has 2 rings (SSSR count). The van der Waals surface area contributed by atoms with Gasteiger partial charge in [0.05, 0.1) is 11.1 Å². The Bertz CT molecular complexity index is 885. The minimum atomic E-state index is -1.29. The molecule has 4 N–H and O–H groups in total. The summed E-state index contributed by atoms with van der Waals surface area (Å²) in [6.45, 7) is 0. The van der Waals surface area contributed by atoms with Crippen LogP contribution >= 0.6 is 0 Å². The molecule has 1 amide bonds. The average Bonchev–Trinajstić information content (AvgIpc) is 3.00. The number of primary amides is 1. The number of amides is 1. The lowest BCUT2D eigenvalue weighted by Crippen LogP contribution is -2.12. The first-order valence-corrected chi connectivity index (χ1v) is 6.45. The molecular formula is C16H10N2O6. The lowest BCUT2D eigenvalue weighted by atomic mass is 10.0. The molecule has 0 radical (unpaired) electrons. The van der Waals surface area contributed by atoms with E-state index in [1.807, 2.05) is 0 Å². The number of nitrogens with two attached hydrogens (primary N) is 1. The van der Waals surface area contributed by atoms with Crippen LogP contribution in [0.5, 0.6) is 0 Å². The van der Waals surface area contributed by atoms with E-state index >= 15 is 0 Å². The molecule has 120 valence electrons. The molecule has 0 atom stereocenters. The molecule has 0 saturated carbocycles. The van der Waals surface area contributed by atoms with E-state index in [0.29, 0.717) is 0 Å². The molecule has 1 heterocycles. The fraction of sp³-hybridized carbons (Fsp3) is 0. The highest BCUT2D eigenvalue weighted by Gasteiger charge is 2.14. The number of benzene rings is 1. The van der Waals surface area contributed by atoms with Gasteiger partial charge in [-0.1, -0.05) is 0 Å². The zero-order chi connectivity index (χ0) is 17.9. The third-order valence-corrected chi connectivity index (χ3v) is 3.01. The Morgan fingerprint density at radius 3 is 2.12 bits per heavy atom. The van der Waals surface area contributed by atoms with Crippen LogP contribution in [0.15, 0.2) is 40.3 Å². The highest BCUT2D eigenvalue weighted by Crippen LogP contribution is 2.26. The molecule has 0 aliphatic rings. The average molecular weight is 326 g/mol. The van der Waals surface area contributed by atoms with Crippen LogP contribution < -0.4 is 5.73 Å². The van der Waals surface area contributed by atoms with Crippen LogP contribution in [0, 0.1) is 11.3 Å². The summed E-state index contributed by atoms with van der Waals surface area (Å²) >= 11 is 0. The maximum Gasteiger partial charge on any atom is 0.335 e. The van der Waals surface area contributed by atoms with E-state index in [2.05, 4.69) is 0 Å². The van der Waals surface area contributed by atoms with Crippen molar-refractivity contribution in [3.05, 3.63) is 52.8 Å². The van der Waals surface area contributed by atoms with E-state index in [1.54, 1.807) is 6.07 Å². The summed E-state index contributed by atoms with van der Waals surface area (Å²) < 4.78 is 5.40. The standard InChI is InChI=1S/C16H10N2O6/c17-7-11(14(18)19)6-12-1-2-13(24-12)8-3-9(15(20)21)5-10(4-8)16(22)23/h1-6H,(H2,18,19)(H,20,21)(H,22,23)/b11-6+. The molecule has 0 spiro atoms. The first kappa shape index (κ1) is 16.5. The van der Waals surface area contributed by atoms with Crippen LogP contribution in [-0.4, -0.2) is 28.1 Å². The van der Waals surface area contributed by atoms with Gasteiger partial charge in [0.1, 0.15) is 23.2 Å². The number of aromatic carboxylic acids is 2. The van der Waals surface area contributed by atoms with Gasteiger partial charge in [0, 0.05) is 11.6 Å². The van der Waals surface area contributed by atoms with Gasteiger partial charge in [-0.15, -0.1) is 0 Å². The second-order valence-corrected chi connectivity index (χ2v) is 4.65. The summed E-state index contributed by atoms with van der Waals surface area (Å²) in [4.78, 5) is 33.2. The number of nitrogens with zero attached hydrogens (tertiary/aromatic N) is 1. The van der Waals surface area contributed by atoms with Crippen molar-refractivity contribution in [2.24, 2.45) is 5.73 Å². The van der Waals surface area contributed by atoms with E-state index in [1.165, 1.54) is 24.3 Å². The fourth-order valence-electron chi connectivity index (χ4n) is 1.90. The van der Waals surface area contributed by atoms with Gasteiger partial charge >= 0.3 is 11.9 Å². The molecule has 8 nitrogen and oxygen atoms in total. The Hall–Kier alpha value is -3.86. The summed E-state index contributed by atoms with van der Waals surface area (Å²) in [6.07, 6.45) is 1.13. The Morgan fingerprint density at radius 1 is 1.08 bits per heavy atom. The smallest absolute Gasteiger partial charge is 0.335 e. The number of furan rings is 1. The fourth-order valence-corrected chi connectivity index (χ4v) is 1.90. The Morgan fingerprint density at radius 2 is 1.67 bits per heavy atom. The van der Waals surface area contributed by atoms with E-state index in [0.717, 1.165) is 12.1 Å². The Balaban J connectivity index is 2.50. The van der Waals surface area contributed by atoms with Crippen molar-refractivity contribution >= 4 is 23.9 Å². The minimum absolute atomic E-state index is 0.137. The van der Waals surface area contributed by atoms with Crippen LogP contribution in [0.25, 0.3) is 17.4 Å². The van der Waals surface area contributed by atoms with Gasteiger partial charge in [0.2, 0.25) is 0 Å². The Labute approximate surface area is 135 Å². The first-order valence-electron chi connectivity index (χ1n) is 6.45. The van der Waals surface area contributed by atoms with Gasteiger partial charge in [-0.05, 0) is 30.3 Å². The summed E-state index contributed by atoms with van der Waals surface area (Å²) in [6, 6.07) is 8.03. The highest BCUT2D eigenvalue weighted by molar-refractivity contribution is 6.00. The maximum atomic E-state index is 11.1. The number of carbonyl (C=O) groups is 3. The zero-order valence-corrected chi connectivity index (χ0v) is 12.0. The number of hydrogen-bond donors (Lipinski definition) is 3. The van der Waals surface area contributed by atoms with Crippen LogP contribution in [0.1, 0.15) is 26.5 Å². The van der Waals surface area contributed by atoms with Crippen LogP contribution in [-0.2, 0) is 4.79 Å². The van der Waals surface area contributed by atoms with Crippen molar-refractivity contribution in [3.63, 3.8) is 0 Å². The second-order valence-electron chi connectivity index (χ2n) is 4.65. The molecule has 1 aromatic heterocycles. The molecular weight excluding hydrogens is 316 g/mol. The number of nitriles is 1. The molecule has 0 saturated heterocycles. The summed E-state index contributed by atoms with van der Waals surface area (Å²) in [7, 11) is 0. The molecule has 0 fully saturated rings. The van der Waals surface area contributed by atoms with E-state index in [9.17, 15) is 14.4 Å². The van der Waals surface area contributed by atoms with Crippen molar-refractivity contribution in [1.82, 2.24) is 0 Å². The normalized spacial score (nSPS) is 10.9. The van der Waals surface area contributed by atoms with Crippen LogP contribution in [0.2, 0.25) is 0 Å². The lowest BCUT2D eigenvalue weighted by molar-refractivity contribution is -0.114. The zero-order valence-electron chi connectivity index (χ0n) is 12.0. The van der Waals surface area contributed by atoms with Crippen molar-refractivity contribution in [2.75, 3.05) is 0 Å². The number of hydrogen-bond acceptors (Lipinski definition) is 5. The SMILES string of the molecule is N#C/C(=C\c1ccc(-c2cc(C(=O)O)cc(C(=O)O)c2)o1)C(N)=O. The molecule has 0 aliphatic carbocycles. The van der Waals surface area contributed by atoms with E-state index in [4.69, 9.17) is 25.6 Å². The molecule has 0 bridgehead atoms. The molecule has 0 unspecified atom stereocenters. The minimum Gasteiger partial charge on any atom is -0.478 e. The van der Waals surface area contributed by atoms with Crippen LogP contribution in [0.4, 0.5) is 0 Å². The van der Waals surface area contributed by atoms with E-state index < -0.39 is 17.8 Å². The third-order valence-electron chi connectivity index (χ3n) is 3.01. The summed E-state index contributed by atoms with van der Waals surface area (Å²) in [5, 5.41) is 26.9. The predicted molar refractivity (Wildman–Crippen MR) is 80.8 cm³/mol. The van der Waals surface area contributed by atoms with Crippen molar-refractivity contribution < 1.29 is 29.0 Å². The number of rotatable bonds is 5. The van der Waals surface area contributed by atoms with Gasteiger partial charge in [0.15, 0.2) is 0 Å². The second kappa shape index (κ2) is 6.50. The largest absolute Gasteiger partial charge is 0.478 e. The first-order chi connectivity index (χ1) is 11.3. The van der Waals surface area contributed by atoms with Gasteiger partial charge in [-0.25, -0.2) is 9.59 Å². The topological polar surface area (TPSA) is 155 Å². The summed E-state index contributed by atoms with van der Waals surface area (Å²) in [5.74, 6) is -3.18. The van der Waals surface area contributed by atoms with Crippen molar-refractivity contribution in [3.8, 4) is 17.4 Å². The number of carbonyl (C=O) groups excluding carboxylic acids is 1. The summed E-state index contributed by atoms with van der Waals surface area (Å²) in [5.41, 5.74) is 4.50.